The molecule has 38 valence electrons. The first kappa shape index (κ1) is 10.7. The van der Waals surface area contributed by atoms with Crippen molar-refractivity contribution in [2.75, 3.05) is 0 Å². The van der Waals surface area contributed by atoms with E-state index >= 15 is 0 Å². The average Bonchev–Trinajstić information content (AvgIpc) is 1.72. The maximum absolute atomic E-state index is 2.89. The van der Waals surface area contributed by atoms with Crippen molar-refractivity contribution in [1.82, 2.24) is 0 Å². The predicted octanol–water partition coefficient (Wildman–Crippen LogP) is -0.873. The minimum atomic E-state index is 0. The minimum absolute atomic E-state index is 0. The summed E-state index contributed by atoms with van der Waals surface area (Å²) in [6.45, 7) is 0. The summed E-state index contributed by atoms with van der Waals surface area (Å²) in [6.07, 6.45) is 0. The van der Waals surface area contributed by atoms with Gasteiger partial charge in [-0.15, -0.1) is 0 Å². The monoisotopic (exact) mass is 100 g/mol. The Hall–Kier alpha value is -0.183. The van der Waals surface area contributed by atoms with Crippen molar-refractivity contribution in [3.8, 4) is 0 Å². The standard InChI is InChI=1S/C6H5.CH4.Li/c1-2-4-6-5-3-1;;/h1-5H;1H4;/q-1;;+1. The minimum Gasteiger partial charge on any atom is -0.184 e. The first-order valence-corrected chi connectivity index (χ1v) is 1.91. The zero-order valence-electron chi connectivity index (χ0n) is 4.39. The fourth-order valence-corrected chi connectivity index (χ4v) is 0.342. The van der Waals surface area contributed by atoms with Gasteiger partial charge in [0.15, 0.2) is 0 Å². The molecule has 0 fully saturated rings. The van der Waals surface area contributed by atoms with E-state index < -0.39 is 0 Å². The first-order valence-electron chi connectivity index (χ1n) is 1.91. The molecule has 1 aromatic rings. The molecule has 1 rings (SSSR count). The summed E-state index contributed by atoms with van der Waals surface area (Å²) in [4.78, 5) is 0. The van der Waals surface area contributed by atoms with Crippen LogP contribution < -0.4 is 18.9 Å². The van der Waals surface area contributed by atoms with E-state index in [1.165, 1.54) is 0 Å². The van der Waals surface area contributed by atoms with Crippen molar-refractivity contribution in [3.05, 3.63) is 36.4 Å². The second kappa shape index (κ2) is 6.82. The second-order valence-electron chi connectivity index (χ2n) is 1.08. The van der Waals surface area contributed by atoms with Gasteiger partial charge in [-0.2, -0.15) is 36.4 Å². The Bertz CT molecular complexity index is 76.3. The summed E-state index contributed by atoms with van der Waals surface area (Å²) in [7, 11) is 0. The van der Waals surface area contributed by atoms with Gasteiger partial charge in [-0.25, -0.2) is 0 Å². The fraction of sp³-hybridized carbons (Fsp3) is 0.143. The molecule has 0 heterocycles. The van der Waals surface area contributed by atoms with Gasteiger partial charge in [0, 0.05) is 0 Å². The van der Waals surface area contributed by atoms with E-state index in [-0.39, 0.29) is 26.3 Å². The van der Waals surface area contributed by atoms with Crippen LogP contribution in [-0.2, 0) is 0 Å². The Balaban J connectivity index is 0. The Morgan fingerprint density at radius 3 is 1.50 bits per heavy atom. The summed E-state index contributed by atoms with van der Waals surface area (Å²) in [5.41, 5.74) is 0. The van der Waals surface area contributed by atoms with Gasteiger partial charge in [0.25, 0.3) is 0 Å². The van der Waals surface area contributed by atoms with Crippen LogP contribution in [0.4, 0.5) is 0 Å². The van der Waals surface area contributed by atoms with Gasteiger partial charge >= 0.3 is 18.9 Å². The summed E-state index contributed by atoms with van der Waals surface area (Å²) in [5, 5.41) is 0. The van der Waals surface area contributed by atoms with Gasteiger partial charge in [0.2, 0.25) is 0 Å². The number of benzene rings is 1. The molecule has 0 atom stereocenters. The molecule has 0 aliphatic rings. The van der Waals surface area contributed by atoms with Gasteiger partial charge < -0.3 is 0 Å². The van der Waals surface area contributed by atoms with Gasteiger partial charge in [0.05, 0.1) is 0 Å². The van der Waals surface area contributed by atoms with E-state index in [2.05, 4.69) is 6.07 Å². The number of hydrogen-bond acceptors (Lipinski definition) is 0. The molecule has 0 saturated carbocycles. The Morgan fingerprint density at radius 1 is 0.875 bits per heavy atom. The predicted molar refractivity (Wildman–Crippen MR) is 32.0 cm³/mol. The van der Waals surface area contributed by atoms with Crippen LogP contribution in [0.5, 0.6) is 0 Å². The van der Waals surface area contributed by atoms with Crippen molar-refractivity contribution >= 4 is 0 Å². The van der Waals surface area contributed by atoms with Crippen molar-refractivity contribution in [1.29, 1.82) is 0 Å². The Kier molecular flexibility index (Phi) is 9.15. The van der Waals surface area contributed by atoms with E-state index in [4.69, 9.17) is 0 Å². The molecule has 1 heteroatoms. The zero-order chi connectivity index (χ0) is 4.24. The maximum atomic E-state index is 2.89. The van der Waals surface area contributed by atoms with Gasteiger partial charge in [-0.05, 0) is 0 Å². The molecule has 0 saturated heterocycles. The normalized spacial score (nSPS) is 6.00. The van der Waals surface area contributed by atoms with Crippen molar-refractivity contribution < 1.29 is 18.9 Å². The maximum Gasteiger partial charge on any atom is 1.00 e. The van der Waals surface area contributed by atoms with Crippen molar-refractivity contribution in [2.45, 2.75) is 7.43 Å². The quantitative estimate of drug-likeness (QED) is 0.293. The smallest absolute Gasteiger partial charge is 0.184 e. The van der Waals surface area contributed by atoms with Crippen LogP contribution >= 0.6 is 0 Å². The SMILES string of the molecule is C.[Li+].[c-]1ccccc1. The van der Waals surface area contributed by atoms with Crippen LogP contribution in [0.2, 0.25) is 0 Å². The van der Waals surface area contributed by atoms with E-state index in [9.17, 15) is 0 Å². The molecule has 0 amide bonds. The summed E-state index contributed by atoms with van der Waals surface area (Å²) in [5.74, 6) is 0. The molecule has 8 heavy (non-hydrogen) atoms. The fourth-order valence-electron chi connectivity index (χ4n) is 0.342. The van der Waals surface area contributed by atoms with Gasteiger partial charge in [-0.1, -0.05) is 7.43 Å². The van der Waals surface area contributed by atoms with E-state index in [0.29, 0.717) is 0 Å². The first-order chi connectivity index (χ1) is 3.00. The number of hydrogen-bond donors (Lipinski definition) is 0. The van der Waals surface area contributed by atoms with E-state index in [0.717, 1.165) is 0 Å². The van der Waals surface area contributed by atoms with Crippen molar-refractivity contribution in [3.63, 3.8) is 0 Å². The largest absolute Gasteiger partial charge is 1.00 e. The average molecular weight is 100 g/mol. The zero-order valence-corrected chi connectivity index (χ0v) is 4.39. The van der Waals surface area contributed by atoms with Crippen molar-refractivity contribution in [2.24, 2.45) is 0 Å². The Morgan fingerprint density at radius 2 is 1.38 bits per heavy atom. The molecule has 0 unspecified atom stereocenters. The third-order valence-electron chi connectivity index (χ3n) is 0.607. The van der Waals surface area contributed by atoms with Crippen LogP contribution in [0.25, 0.3) is 0 Å². The molecule has 0 aliphatic carbocycles. The molecule has 0 radical (unpaired) electrons. The summed E-state index contributed by atoms with van der Waals surface area (Å²) >= 11 is 0. The van der Waals surface area contributed by atoms with Crippen LogP contribution in [0.15, 0.2) is 30.3 Å². The van der Waals surface area contributed by atoms with Crippen LogP contribution in [0, 0.1) is 6.07 Å². The van der Waals surface area contributed by atoms with Crippen LogP contribution in [-0.4, -0.2) is 0 Å². The molecule has 0 N–H and O–H groups in total. The molecular formula is C7H9Li. The van der Waals surface area contributed by atoms with Gasteiger partial charge in [-0.3, -0.25) is 0 Å². The second-order valence-corrected chi connectivity index (χ2v) is 1.08. The molecule has 0 aromatic heterocycles. The van der Waals surface area contributed by atoms with E-state index in [1.807, 2.05) is 30.3 Å². The summed E-state index contributed by atoms with van der Waals surface area (Å²) < 4.78 is 0. The molecule has 0 bridgehead atoms. The number of rotatable bonds is 0. The van der Waals surface area contributed by atoms with Crippen LogP contribution in [0.3, 0.4) is 0 Å². The van der Waals surface area contributed by atoms with Crippen LogP contribution in [0.1, 0.15) is 7.43 Å². The third kappa shape index (κ3) is 3.99. The molecule has 1 aromatic carbocycles. The summed E-state index contributed by atoms with van der Waals surface area (Å²) in [6, 6.07) is 12.5. The molecule has 0 nitrogen and oxygen atoms in total. The third-order valence-corrected chi connectivity index (χ3v) is 0.607. The molecular weight excluding hydrogens is 91.0 g/mol. The Labute approximate surface area is 63.1 Å². The molecule has 0 aliphatic heterocycles. The topological polar surface area (TPSA) is 0 Å². The molecule has 0 spiro atoms. The van der Waals surface area contributed by atoms with Gasteiger partial charge in [0.1, 0.15) is 0 Å². The van der Waals surface area contributed by atoms with E-state index in [1.54, 1.807) is 0 Å².